The van der Waals surface area contributed by atoms with E-state index in [0.717, 1.165) is 17.0 Å². The van der Waals surface area contributed by atoms with Crippen LogP contribution in [0.25, 0.3) is 22.0 Å². The Morgan fingerprint density at radius 3 is 2.70 bits per heavy atom. The van der Waals surface area contributed by atoms with Crippen LogP contribution < -0.4 is 5.11 Å². The van der Waals surface area contributed by atoms with Crippen LogP contribution in [0.3, 0.4) is 0 Å². The number of aromatic nitrogens is 1. The van der Waals surface area contributed by atoms with E-state index in [-0.39, 0.29) is 0 Å². The number of rotatable bonds is 3. The molecule has 3 rings (SSSR count). The molecule has 0 aliphatic carbocycles. The molecule has 0 spiro atoms. The first kappa shape index (κ1) is 15.0. The molecule has 1 aromatic heterocycles. The van der Waals surface area contributed by atoms with E-state index in [1.54, 1.807) is 12.1 Å². The smallest absolute Gasteiger partial charge is 0.262 e. The van der Waals surface area contributed by atoms with Gasteiger partial charge in [0.1, 0.15) is 0 Å². The zero-order valence-electron chi connectivity index (χ0n) is 11.8. The van der Waals surface area contributed by atoms with Crippen LogP contribution in [0.15, 0.2) is 54.6 Å². The third-order valence-corrected chi connectivity index (χ3v) is 3.62. The van der Waals surface area contributed by atoms with Crippen molar-refractivity contribution in [1.29, 1.82) is 0 Å². The first-order valence-electron chi connectivity index (χ1n) is 6.73. The summed E-state index contributed by atoms with van der Waals surface area (Å²) in [6.07, 6.45) is 1.55. The summed E-state index contributed by atoms with van der Waals surface area (Å²) in [6, 6.07) is 15.1. The number of halogens is 1. The lowest BCUT2D eigenvalue weighted by atomic mass is 10.1. The molecule has 0 radical (unpaired) electrons. The molecule has 0 N–H and O–H groups in total. The maximum atomic E-state index is 11.4. The fraction of sp³-hybridized carbons (Fsp3) is 0. The zero-order valence-corrected chi connectivity index (χ0v) is 12.5. The molecule has 23 heavy (non-hydrogen) atoms. The minimum Gasteiger partial charge on any atom is -0.868 e. The van der Waals surface area contributed by atoms with Gasteiger partial charge in [-0.2, -0.15) is 0 Å². The fourth-order valence-corrected chi connectivity index (χ4v) is 2.42. The van der Waals surface area contributed by atoms with Gasteiger partial charge in [-0.3, -0.25) is 10.1 Å². The van der Waals surface area contributed by atoms with Crippen LogP contribution in [0, 0.1) is 10.1 Å². The summed E-state index contributed by atoms with van der Waals surface area (Å²) >= 11 is 6.26. The lowest BCUT2D eigenvalue weighted by molar-refractivity contribution is -0.398. The molecule has 0 bridgehead atoms. The van der Waals surface area contributed by atoms with Crippen molar-refractivity contribution in [3.05, 3.63) is 76.0 Å². The Morgan fingerprint density at radius 2 is 1.91 bits per heavy atom. The largest absolute Gasteiger partial charge is 0.868 e. The van der Waals surface area contributed by atoms with Crippen molar-refractivity contribution in [2.45, 2.75) is 0 Å². The summed E-state index contributed by atoms with van der Waals surface area (Å²) in [5.74, 6) is -0.632. The number of nitro groups is 1. The molecule has 0 aliphatic heterocycles. The highest BCUT2D eigenvalue weighted by Crippen LogP contribution is 2.28. The molecule has 0 saturated heterocycles. The van der Waals surface area contributed by atoms with Crippen molar-refractivity contribution < 1.29 is 10.0 Å². The average Bonchev–Trinajstić information content (AvgIpc) is 2.55. The molecule has 0 saturated carbocycles. The summed E-state index contributed by atoms with van der Waals surface area (Å²) in [7, 11) is 0. The number of pyridine rings is 1. The van der Waals surface area contributed by atoms with Crippen molar-refractivity contribution in [3.8, 4) is 5.75 Å². The Kier molecular flexibility index (Phi) is 3.95. The Labute approximate surface area is 136 Å². The van der Waals surface area contributed by atoms with E-state index in [4.69, 9.17) is 11.6 Å². The average molecular weight is 326 g/mol. The standard InChI is InChI=1S/C17H11ClN2O3/c18-13(9-11-5-8-17(21)16(10-11)20(22)23)15-7-6-12-3-1-2-4-14(12)19-15/h1-10,21H/p-1/b13-9-. The maximum Gasteiger partial charge on any atom is 0.262 e. The molecule has 114 valence electrons. The van der Waals surface area contributed by atoms with E-state index in [9.17, 15) is 15.2 Å². The summed E-state index contributed by atoms with van der Waals surface area (Å²) in [6.45, 7) is 0. The molecule has 2 aromatic carbocycles. The second kappa shape index (κ2) is 6.06. The molecule has 3 aromatic rings. The van der Waals surface area contributed by atoms with E-state index in [1.165, 1.54) is 12.1 Å². The van der Waals surface area contributed by atoms with Gasteiger partial charge in [0.15, 0.2) is 0 Å². The van der Waals surface area contributed by atoms with Crippen molar-refractivity contribution in [2.24, 2.45) is 0 Å². The van der Waals surface area contributed by atoms with E-state index in [0.29, 0.717) is 16.3 Å². The van der Waals surface area contributed by atoms with Crippen LogP contribution in [0.4, 0.5) is 5.69 Å². The van der Waals surface area contributed by atoms with Gasteiger partial charge in [0, 0.05) is 11.5 Å². The third-order valence-electron chi connectivity index (χ3n) is 3.32. The highest BCUT2D eigenvalue weighted by atomic mass is 35.5. The maximum absolute atomic E-state index is 11.4. The van der Waals surface area contributed by atoms with E-state index in [2.05, 4.69) is 4.98 Å². The van der Waals surface area contributed by atoms with Crippen molar-refractivity contribution in [1.82, 2.24) is 4.98 Å². The molecule has 1 heterocycles. The van der Waals surface area contributed by atoms with Gasteiger partial charge in [0.25, 0.3) is 5.69 Å². The summed E-state index contributed by atoms with van der Waals surface area (Å²) in [4.78, 5) is 14.6. The number of nitro benzene ring substituents is 1. The molecule has 0 atom stereocenters. The molecule has 0 fully saturated rings. The quantitative estimate of drug-likeness (QED) is 0.539. The number of benzene rings is 2. The first-order chi connectivity index (χ1) is 11.0. The SMILES string of the molecule is O=[N+]([O-])c1cc(/C=C(\Cl)c2ccc3ccccc3n2)ccc1[O-]. The van der Waals surface area contributed by atoms with Gasteiger partial charge in [-0.25, -0.2) is 4.98 Å². The minimum absolute atomic E-state index is 0.337. The van der Waals surface area contributed by atoms with Crippen LogP contribution in [0.1, 0.15) is 11.3 Å². The topological polar surface area (TPSA) is 79.1 Å². The van der Waals surface area contributed by atoms with Gasteiger partial charge in [0.05, 0.1) is 21.2 Å². The molecular weight excluding hydrogens is 316 g/mol. The fourth-order valence-electron chi connectivity index (χ4n) is 2.19. The Hall–Kier alpha value is -2.92. The lowest BCUT2D eigenvalue weighted by Crippen LogP contribution is -1.97. The second-order valence-electron chi connectivity index (χ2n) is 4.87. The molecule has 0 aliphatic rings. The highest BCUT2D eigenvalue weighted by molar-refractivity contribution is 6.51. The Balaban J connectivity index is 2.00. The normalized spacial score (nSPS) is 11.6. The van der Waals surface area contributed by atoms with Crippen LogP contribution in [-0.2, 0) is 0 Å². The second-order valence-corrected chi connectivity index (χ2v) is 5.27. The number of fused-ring (bicyclic) bond motifs is 1. The predicted octanol–water partition coefficient (Wildman–Crippen LogP) is 3.95. The van der Waals surface area contributed by atoms with Crippen molar-refractivity contribution in [3.63, 3.8) is 0 Å². The number of para-hydroxylation sites is 1. The monoisotopic (exact) mass is 325 g/mol. The summed E-state index contributed by atoms with van der Waals surface area (Å²) in [5.41, 5.74) is 1.35. The van der Waals surface area contributed by atoms with Gasteiger partial charge in [-0.05, 0) is 29.5 Å². The zero-order chi connectivity index (χ0) is 16.4. The molecule has 6 heteroatoms. The molecule has 5 nitrogen and oxygen atoms in total. The van der Waals surface area contributed by atoms with Crippen LogP contribution in [0.2, 0.25) is 0 Å². The molecule has 0 unspecified atom stereocenters. The summed E-state index contributed by atoms with van der Waals surface area (Å²) < 4.78 is 0. The number of hydrogen-bond acceptors (Lipinski definition) is 4. The predicted molar refractivity (Wildman–Crippen MR) is 88.0 cm³/mol. The lowest BCUT2D eigenvalue weighted by Gasteiger charge is -2.07. The van der Waals surface area contributed by atoms with Crippen molar-refractivity contribution in [2.75, 3.05) is 0 Å². The van der Waals surface area contributed by atoms with Gasteiger partial charge in [-0.1, -0.05) is 48.0 Å². The van der Waals surface area contributed by atoms with Crippen LogP contribution >= 0.6 is 11.6 Å². The van der Waals surface area contributed by atoms with Crippen molar-refractivity contribution >= 4 is 39.3 Å². The number of hydrogen-bond donors (Lipinski definition) is 0. The number of nitrogens with zero attached hydrogens (tertiary/aromatic N) is 2. The summed E-state index contributed by atoms with van der Waals surface area (Å²) in [5, 5.41) is 23.6. The molecule has 0 amide bonds. The highest BCUT2D eigenvalue weighted by Gasteiger charge is 2.08. The van der Waals surface area contributed by atoms with Gasteiger partial charge in [0.2, 0.25) is 0 Å². The van der Waals surface area contributed by atoms with Gasteiger partial charge < -0.3 is 5.11 Å². The van der Waals surface area contributed by atoms with Crippen LogP contribution in [0.5, 0.6) is 5.75 Å². The van der Waals surface area contributed by atoms with E-state index in [1.807, 2.05) is 30.3 Å². The van der Waals surface area contributed by atoms with E-state index >= 15 is 0 Å². The van der Waals surface area contributed by atoms with Gasteiger partial charge >= 0.3 is 0 Å². The first-order valence-corrected chi connectivity index (χ1v) is 7.11. The van der Waals surface area contributed by atoms with Crippen LogP contribution in [-0.4, -0.2) is 9.91 Å². The minimum atomic E-state index is -0.706. The Bertz CT molecular complexity index is 938. The van der Waals surface area contributed by atoms with E-state index < -0.39 is 16.4 Å². The van der Waals surface area contributed by atoms with Gasteiger partial charge in [-0.15, -0.1) is 0 Å². The third kappa shape index (κ3) is 3.14. The Morgan fingerprint density at radius 1 is 1.13 bits per heavy atom. The molecular formula is C17H10ClN2O3-.